The quantitative estimate of drug-likeness (QED) is 0.368. The van der Waals surface area contributed by atoms with Gasteiger partial charge in [0.1, 0.15) is 0 Å². The van der Waals surface area contributed by atoms with E-state index >= 15 is 0 Å². The zero-order valence-corrected chi connectivity index (χ0v) is 16.9. The molecule has 0 saturated heterocycles. The van der Waals surface area contributed by atoms with Gasteiger partial charge in [0.2, 0.25) is 5.75 Å². The first-order chi connectivity index (χ1) is 12.7. The highest BCUT2D eigenvalue weighted by Gasteiger charge is 2.35. The number of amides is 1. The molecule has 1 saturated carbocycles. The number of hydrogen-bond acceptors (Lipinski definition) is 5. The number of carbonyl (C=O) groups is 1. The van der Waals surface area contributed by atoms with Crippen molar-refractivity contribution in [3.63, 3.8) is 0 Å². The lowest BCUT2D eigenvalue weighted by atomic mass is 9.85. The van der Waals surface area contributed by atoms with Gasteiger partial charge in [-0.15, -0.1) is 0 Å². The Hall–Kier alpha value is -2.31. The van der Waals surface area contributed by atoms with E-state index in [1.54, 1.807) is 11.0 Å². The van der Waals surface area contributed by atoms with E-state index in [1.165, 1.54) is 7.11 Å². The molecular formula is C20H30N2O5. The third-order valence-electron chi connectivity index (χ3n) is 4.70. The molecule has 1 aliphatic carbocycles. The number of nitro groups is 1. The molecule has 0 bridgehead atoms. The van der Waals surface area contributed by atoms with Crippen molar-refractivity contribution in [1.82, 2.24) is 4.90 Å². The largest absolute Gasteiger partial charge is 0.490 e. The minimum Gasteiger partial charge on any atom is -0.490 e. The minimum atomic E-state index is -0.432. The number of unbranched alkanes of at least 4 members (excludes halogenated alkanes) is 1. The monoisotopic (exact) mass is 378 g/mol. The normalized spacial score (nSPS) is 14.0. The molecule has 0 aromatic heterocycles. The second-order valence-corrected chi connectivity index (χ2v) is 8.02. The van der Waals surface area contributed by atoms with Crippen molar-refractivity contribution in [2.75, 3.05) is 13.7 Å². The van der Waals surface area contributed by atoms with Crippen LogP contribution in [0.5, 0.6) is 5.75 Å². The third-order valence-corrected chi connectivity index (χ3v) is 4.70. The molecule has 0 atom stereocenters. The molecule has 0 radical (unpaired) electrons. The second-order valence-electron chi connectivity index (χ2n) is 8.02. The van der Waals surface area contributed by atoms with Crippen LogP contribution in [0.1, 0.15) is 64.5 Å². The van der Waals surface area contributed by atoms with Gasteiger partial charge in [-0.05, 0) is 36.3 Å². The SMILES string of the molecule is CCCCOC(=O)N(Cc1cc(C(C)(C)C)cc([N+](=O)[O-])c1OC)C1CC1. The lowest BCUT2D eigenvalue weighted by Crippen LogP contribution is -2.33. The molecule has 1 amide bonds. The summed E-state index contributed by atoms with van der Waals surface area (Å²) in [6.45, 7) is 8.66. The summed E-state index contributed by atoms with van der Waals surface area (Å²) in [6, 6.07) is 3.59. The summed E-state index contributed by atoms with van der Waals surface area (Å²) in [7, 11) is 1.42. The zero-order valence-electron chi connectivity index (χ0n) is 16.9. The first kappa shape index (κ1) is 21.0. The van der Waals surface area contributed by atoms with Gasteiger partial charge in [0.25, 0.3) is 0 Å². The van der Waals surface area contributed by atoms with Crippen LogP contribution in [0.4, 0.5) is 10.5 Å². The average molecular weight is 378 g/mol. The van der Waals surface area contributed by atoms with Crippen LogP contribution >= 0.6 is 0 Å². The fourth-order valence-electron chi connectivity index (χ4n) is 2.89. The van der Waals surface area contributed by atoms with E-state index < -0.39 is 4.92 Å². The van der Waals surface area contributed by atoms with Crippen LogP contribution in [0.3, 0.4) is 0 Å². The van der Waals surface area contributed by atoms with Crippen molar-refractivity contribution in [2.45, 2.75) is 71.4 Å². The number of carbonyl (C=O) groups excluding carboxylic acids is 1. The number of ether oxygens (including phenoxy) is 2. The summed E-state index contributed by atoms with van der Waals surface area (Å²) in [5.74, 6) is 0.208. The summed E-state index contributed by atoms with van der Waals surface area (Å²) < 4.78 is 10.7. The Balaban J connectivity index is 2.37. The van der Waals surface area contributed by atoms with Crippen molar-refractivity contribution in [1.29, 1.82) is 0 Å². The van der Waals surface area contributed by atoms with Crippen molar-refractivity contribution < 1.29 is 19.2 Å². The fraction of sp³-hybridized carbons (Fsp3) is 0.650. The first-order valence-electron chi connectivity index (χ1n) is 9.48. The van der Waals surface area contributed by atoms with Gasteiger partial charge in [-0.1, -0.05) is 34.1 Å². The van der Waals surface area contributed by atoms with E-state index in [0.717, 1.165) is 31.2 Å². The highest BCUT2D eigenvalue weighted by atomic mass is 16.6. The maximum Gasteiger partial charge on any atom is 0.410 e. The van der Waals surface area contributed by atoms with Gasteiger partial charge in [0, 0.05) is 17.7 Å². The molecule has 0 unspecified atom stereocenters. The van der Waals surface area contributed by atoms with Crippen molar-refractivity contribution in [2.24, 2.45) is 0 Å². The Kier molecular flexibility index (Phi) is 6.68. The van der Waals surface area contributed by atoms with E-state index in [-0.39, 0.29) is 35.5 Å². The molecule has 1 aromatic carbocycles. The molecule has 0 spiro atoms. The van der Waals surface area contributed by atoms with Gasteiger partial charge in [0.15, 0.2) is 0 Å². The molecular weight excluding hydrogens is 348 g/mol. The molecule has 1 aliphatic rings. The van der Waals surface area contributed by atoms with Crippen LogP contribution in [0, 0.1) is 10.1 Å². The molecule has 0 N–H and O–H groups in total. The lowest BCUT2D eigenvalue weighted by Gasteiger charge is -2.25. The molecule has 27 heavy (non-hydrogen) atoms. The second kappa shape index (κ2) is 8.59. The predicted molar refractivity (Wildman–Crippen MR) is 103 cm³/mol. The lowest BCUT2D eigenvalue weighted by molar-refractivity contribution is -0.385. The van der Waals surface area contributed by atoms with Crippen LogP contribution in [-0.2, 0) is 16.7 Å². The summed E-state index contributed by atoms with van der Waals surface area (Å²) >= 11 is 0. The molecule has 1 aromatic rings. The molecule has 0 heterocycles. The molecule has 2 rings (SSSR count). The Morgan fingerprint density at radius 1 is 1.33 bits per heavy atom. The Morgan fingerprint density at radius 3 is 2.48 bits per heavy atom. The summed E-state index contributed by atoms with van der Waals surface area (Å²) in [5, 5.41) is 11.6. The van der Waals surface area contributed by atoms with Crippen molar-refractivity contribution >= 4 is 11.8 Å². The fourth-order valence-corrected chi connectivity index (χ4v) is 2.89. The smallest absolute Gasteiger partial charge is 0.410 e. The van der Waals surface area contributed by atoms with E-state index in [2.05, 4.69) is 0 Å². The third kappa shape index (κ3) is 5.34. The van der Waals surface area contributed by atoms with Crippen LogP contribution in [-0.4, -0.2) is 35.7 Å². The maximum atomic E-state index is 12.5. The summed E-state index contributed by atoms with van der Waals surface area (Å²) in [4.78, 5) is 25.3. The van der Waals surface area contributed by atoms with Crippen LogP contribution in [0.2, 0.25) is 0 Å². The van der Waals surface area contributed by atoms with Gasteiger partial charge in [-0.2, -0.15) is 0 Å². The highest BCUT2D eigenvalue weighted by molar-refractivity contribution is 5.69. The van der Waals surface area contributed by atoms with Gasteiger partial charge >= 0.3 is 11.8 Å². The van der Waals surface area contributed by atoms with Gasteiger partial charge < -0.3 is 14.4 Å². The maximum absolute atomic E-state index is 12.5. The van der Waals surface area contributed by atoms with Gasteiger partial charge in [-0.25, -0.2) is 4.79 Å². The zero-order chi connectivity index (χ0) is 20.2. The van der Waals surface area contributed by atoms with Gasteiger partial charge in [-0.3, -0.25) is 10.1 Å². The number of nitro benzene ring substituents is 1. The first-order valence-corrected chi connectivity index (χ1v) is 9.48. The van der Waals surface area contributed by atoms with Crippen LogP contribution in [0.15, 0.2) is 12.1 Å². The van der Waals surface area contributed by atoms with E-state index in [1.807, 2.05) is 33.8 Å². The van der Waals surface area contributed by atoms with Crippen LogP contribution < -0.4 is 4.74 Å². The number of rotatable bonds is 8. The van der Waals surface area contributed by atoms with E-state index in [4.69, 9.17) is 9.47 Å². The standard InChI is InChI=1S/C20H30N2O5/c1-6-7-10-27-19(23)21(16-8-9-16)13-14-11-15(20(2,3)4)12-17(22(24)25)18(14)26-5/h11-12,16H,6-10,13H2,1-5H3. The van der Waals surface area contributed by atoms with Crippen molar-refractivity contribution in [3.8, 4) is 5.75 Å². The molecule has 0 aliphatic heterocycles. The Labute approximate surface area is 160 Å². The van der Waals surface area contributed by atoms with Gasteiger partial charge in [0.05, 0.1) is 25.2 Å². The Bertz CT molecular complexity index is 692. The molecule has 7 nitrogen and oxygen atoms in total. The number of benzene rings is 1. The molecule has 7 heteroatoms. The van der Waals surface area contributed by atoms with Crippen LogP contribution in [0.25, 0.3) is 0 Å². The summed E-state index contributed by atoms with van der Waals surface area (Å²) in [6.07, 6.45) is 3.25. The minimum absolute atomic E-state index is 0.0741. The van der Waals surface area contributed by atoms with E-state index in [9.17, 15) is 14.9 Å². The topological polar surface area (TPSA) is 81.9 Å². The number of methoxy groups -OCH3 is 1. The average Bonchev–Trinajstić information content (AvgIpc) is 3.42. The number of nitrogens with zero attached hydrogens (tertiary/aromatic N) is 2. The van der Waals surface area contributed by atoms with Crippen molar-refractivity contribution in [3.05, 3.63) is 33.4 Å². The predicted octanol–water partition coefficient (Wildman–Crippen LogP) is 4.80. The molecule has 1 fully saturated rings. The highest BCUT2D eigenvalue weighted by Crippen LogP contribution is 2.39. The number of hydrogen-bond donors (Lipinski definition) is 0. The molecule has 150 valence electrons. The Morgan fingerprint density at radius 2 is 2.00 bits per heavy atom. The van der Waals surface area contributed by atoms with E-state index in [0.29, 0.717) is 12.2 Å². The summed E-state index contributed by atoms with van der Waals surface area (Å²) in [5.41, 5.74) is 1.13.